The molecule has 3 fully saturated rings. The van der Waals surface area contributed by atoms with E-state index in [0.717, 1.165) is 18.3 Å². The van der Waals surface area contributed by atoms with Gasteiger partial charge in [0.2, 0.25) is 0 Å². The Morgan fingerprint density at radius 2 is 1.94 bits per heavy atom. The fourth-order valence-electron chi connectivity index (χ4n) is 5.58. The van der Waals surface area contributed by atoms with Gasteiger partial charge in [-0.2, -0.15) is 0 Å². The summed E-state index contributed by atoms with van der Waals surface area (Å²) in [6.07, 6.45) is 4.87. The highest BCUT2D eigenvalue weighted by atomic mass is 16.1. The van der Waals surface area contributed by atoms with Crippen molar-refractivity contribution >= 4 is 5.78 Å². The van der Waals surface area contributed by atoms with Gasteiger partial charge in [-0.15, -0.1) is 0 Å². The van der Waals surface area contributed by atoms with Gasteiger partial charge >= 0.3 is 0 Å². The third-order valence-electron chi connectivity index (χ3n) is 6.65. The zero-order valence-corrected chi connectivity index (χ0v) is 11.0. The van der Waals surface area contributed by atoms with Gasteiger partial charge in [-0.1, -0.05) is 27.7 Å². The van der Waals surface area contributed by atoms with Gasteiger partial charge in [0.1, 0.15) is 5.78 Å². The van der Waals surface area contributed by atoms with E-state index in [9.17, 15) is 4.79 Å². The lowest BCUT2D eigenvalue weighted by Gasteiger charge is -2.38. The lowest BCUT2D eigenvalue weighted by atomic mass is 9.66. The molecule has 1 heteroatoms. The van der Waals surface area contributed by atoms with E-state index in [2.05, 4.69) is 27.7 Å². The summed E-state index contributed by atoms with van der Waals surface area (Å²) in [6, 6.07) is 0. The molecule has 0 saturated heterocycles. The molecule has 0 heterocycles. The molecule has 0 N–H and O–H groups in total. The van der Waals surface area contributed by atoms with E-state index in [0.29, 0.717) is 28.4 Å². The quantitative estimate of drug-likeness (QED) is 0.608. The summed E-state index contributed by atoms with van der Waals surface area (Å²) in [7, 11) is 0. The standard InChI is InChI=1S/C15H24O/c1-9-5-6-15-8-11(9)14(3,4)13(15)7-12(16)10(15)2/h9-11,13H,5-8H2,1-4H3/t9-,10-,11+,13+,15+/m1/s1. The van der Waals surface area contributed by atoms with Crippen molar-refractivity contribution in [2.24, 2.45) is 34.5 Å². The first kappa shape index (κ1) is 10.8. The van der Waals surface area contributed by atoms with Crippen molar-refractivity contribution in [3.05, 3.63) is 0 Å². The Morgan fingerprint density at radius 1 is 1.25 bits per heavy atom. The summed E-state index contributed by atoms with van der Waals surface area (Å²) in [5.74, 6) is 3.30. The van der Waals surface area contributed by atoms with E-state index in [-0.39, 0.29) is 0 Å². The first-order valence-corrected chi connectivity index (χ1v) is 6.92. The smallest absolute Gasteiger partial charge is 0.136 e. The second-order valence-corrected chi connectivity index (χ2v) is 7.33. The third-order valence-corrected chi connectivity index (χ3v) is 6.65. The maximum Gasteiger partial charge on any atom is 0.136 e. The molecule has 0 unspecified atom stereocenters. The summed E-state index contributed by atoms with van der Waals surface area (Å²) < 4.78 is 0. The molecule has 90 valence electrons. The largest absolute Gasteiger partial charge is 0.299 e. The summed E-state index contributed by atoms with van der Waals surface area (Å²) in [5, 5.41) is 0. The van der Waals surface area contributed by atoms with E-state index in [1.54, 1.807) is 0 Å². The molecular weight excluding hydrogens is 196 g/mol. The molecule has 1 nitrogen and oxygen atoms in total. The molecule has 16 heavy (non-hydrogen) atoms. The van der Waals surface area contributed by atoms with Crippen molar-refractivity contribution in [3.8, 4) is 0 Å². The summed E-state index contributed by atoms with van der Waals surface area (Å²) in [4.78, 5) is 12.1. The molecule has 3 aliphatic rings. The molecule has 2 bridgehead atoms. The monoisotopic (exact) mass is 220 g/mol. The Hall–Kier alpha value is -0.330. The summed E-state index contributed by atoms with van der Waals surface area (Å²) >= 11 is 0. The number of carbonyl (C=O) groups excluding carboxylic acids is 1. The molecule has 0 aromatic heterocycles. The topological polar surface area (TPSA) is 17.1 Å². The molecular formula is C15H24O. The summed E-state index contributed by atoms with van der Waals surface area (Å²) in [5.41, 5.74) is 0.800. The van der Waals surface area contributed by atoms with Crippen LogP contribution in [0, 0.1) is 34.5 Å². The Morgan fingerprint density at radius 3 is 2.62 bits per heavy atom. The van der Waals surface area contributed by atoms with E-state index >= 15 is 0 Å². The summed E-state index contributed by atoms with van der Waals surface area (Å²) in [6.45, 7) is 9.48. The number of fused-ring (bicyclic) bond motifs is 1. The Kier molecular flexibility index (Phi) is 1.97. The van der Waals surface area contributed by atoms with Crippen molar-refractivity contribution in [1.29, 1.82) is 0 Å². The second-order valence-electron chi connectivity index (χ2n) is 7.33. The van der Waals surface area contributed by atoms with Crippen LogP contribution in [-0.2, 0) is 4.79 Å². The predicted molar refractivity (Wildman–Crippen MR) is 65.0 cm³/mol. The van der Waals surface area contributed by atoms with Crippen molar-refractivity contribution in [2.45, 2.75) is 53.4 Å². The van der Waals surface area contributed by atoms with Crippen molar-refractivity contribution < 1.29 is 4.79 Å². The van der Waals surface area contributed by atoms with Gasteiger partial charge in [-0.3, -0.25) is 4.79 Å². The zero-order valence-electron chi connectivity index (χ0n) is 11.0. The van der Waals surface area contributed by atoms with Crippen LogP contribution < -0.4 is 0 Å². The number of hydrogen-bond acceptors (Lipinski definition) is 1. The van der Waals surface area contributed by atoms with Crippen LogP contribution in [0.15, 0.2) is 0 Å². The van der Waals surface area contributed by atoms with Crippen molar-refractivity contribution in [2.75, 3.05) is 0 Å². The molecule has 0 aliphatic heterocycles. The maximum absolute atomic E-state index is 12.1. The van der Waals surface area contributed by atoms with Crippen LogP contribution in [0.5, 0.6) is 0 Å². The molecule has 0 amide bonds. The van der Waals surface area contributed by atoms with Crippen LogP contribution in [-0.4, -0.2) is 5.78 Å². The maximum atomic E-state index is 12.1. The van der Waals surface area contributed by atoms with Crippen LogP contribution in [0.25, 0.3) is 0 Å². The van der Waals surface area contributed by atoms with Crippen LogP contribution in [0.4, 0.5) is 0 Å². The SMILES string of the molecule is C[C@@H]1CC[C@@]23C[C@@H]1C(C)(C)[C@@H]2CC(=O)[C@H]3C. The Balaban J connectivity index is 2.08. The molecule has 3 aliphatic carbocycles. The van der Waals surface area contributed by atoms with Crippen LogP contribution in [0.1, 0.15) is 53.4 Å². The highest BCUT2D eigenvalue weighted by Crippen LogP contribution is 2.71. The van der Waals surface area contributed by atoms with Gasteiger partial charge in [0.15, 0.2) is 0 Å². The number of rotatable bonds is 0. The minimum absolute atomic E-state index is 0.342. The Bertz CT molecular complexity index is 343. The highest BCUT2D eigenvalue weighted by Gasteiger charge is 2.66. The van der Waals surface area contributed by atoms with Gasteiger partial charge in [-0.05, 0) is 47.8 Å². The number of Topliss-reactive ketones (excluding diaryl/α,β-unsaturated/α-hetero) is 1. The zero-order chi connectivity index (χ0) is 11.7. The van der Waals surface area contributed by atoms with Gasteiger partial charge in [0.05, 0.1) is 0 Å². The molecule has 5 atom stereocenters. The first-order valence-electron chi connectivity index (χ1n) is 6.92. The van der Waals surface area contributed by atoms with Gasteiger partial charge in [0.25, 0.3) is 0 Å². The molecule has 3 rings (SSSR count). The third kappa shape index (κ3) is 1.01. The molecule has 0 radical (unpaired) electrons. The van der Waals surface area contributed by atoms with Crippen molar-refractivity contribution in [3.63, 3.8) is 0 Å². The van der Waals surface area contributed by atoms with Crippen LogP contribution >= 0.6 is 0 Å². The van der Waals surface area contributed by atoms with Gasteiger partial charge in [0, 0.05) is 12.3 Å². The lowest BCUT2D eigenvalue weighted by Crippen LogP contribution is -2.32. The highest BCUT2D eigenvalue weighted by molar-refractivity contribution is 5.85. The van der Waals surface area contributed by atoms with E-state index in [1.165, 1.54) is 19.3 Å². The van der Waals surface area contributed by atoms with E-state index in [4.69, 9.17) is 0 Å². The van der Waals surface area contributed by atoms with Gasteiger partial charge < -0.3 is 0 Å². The number of ketones is 1. The predicted octanol–water partition coefficient (Wildman–Crippen LogP) is 3.67. The van der Waals surface area contributed by atoms with E-state index in [1.807, 2.05) is 0 Å². The van der Waals surface area contributed by atoms with Crippen molar-refractivity contribution in [1.82, 2.24) is 0 Å². The average molecular weight is 220 g/mol. The Labute approximate surface area is 99.0 Å². The molecule has 0 aromatic carbocycles. The number of carbonyl (C=O) groups is 1. The fourth-order valence-corrected chi connectivity index (χ4v) is 5.58. The van der Waals surface area contributed by atoms with E-state index < -0.39 is 0 Å². The normalized spacial score (nSPS) is 54.1. The number of hydrogen-bond donors (Lipinski definition) is 0. The molecule has 1 spiro atoms. The van der Waals surface area contributed by atoms with Crippen LogP contribution in [0.3, 0.4) is 0 Å². The second kappa shape index (κ2) is 2.91. The van der Waals surface area contributed by atoms with Gasteiger partial charge in [-0.25, -0.2) is 0 Å². The fraction of sp³-hybridized carbons (Fsp3) is 0.933. The molecule has 0 aromatic rings. The minimum Gasteiger partial charge on any atom is -0.299 e. The average Bonchev–Trinajstić information content (AvgIpc) is 2.57. The first-order chi connectivity index (χ1) is 7.39. The molecule has 3 saturated carbocycles. The van der Waals surface area contributed by atoms with Crippen LogP contribution in [0.2, 0.25) is 0 Å². The minimum atomic E-state index is 0.342. The lowest BCUT2D eigenvalue weighted by molar-refractivity contribution is -0.122.